The van der Waals surface area contributed by atoms with E-state index >= 15 is 0 Å². The van der Waals surface area contributed by atoms with Crippen LogP contribution in [0.3, 0.4) is 0 Å². The van der Waals surface area contributed by atoms with Gasteiger partial charge in [0.15, 0.2) is 0 Å². The van der Waals surface area contributed by atoms with Crippen molar-refractivity contribution in [3.63, 3.8) is 0 Å². The minimum absolute atomic E-state index is 0.0500. The Morgan fingerprint density at radius 1 is 0.977 bits per heavy atom. The first-order valence-electron chi connectivity index (χ1n) is 14.7. The van der Waals surface area contributed by atoms with Gasteiger partial charge in [-0.15, -0.1) is 11.3 Å². The van der Waals surface area contributed by atoms with Crippen LogP contribution in [-0.4, -0.2) is 90.9 Å². The largest absolute Gasteiger partial charge is 0.497 e. The minimum Gasteiger partial charge on any atom is -0.497 e. The molecule has 1 unspecified atom stereocenters. The predicted octanol–water partition coefficient (Wildman–Crippen LogP) is 4.26. The summed E-state index contributed by atoms with van der Waals surface area (Å²) in [5.74, 6) is -0.675. The van der Waals surface area contributed by atoms with Crippen molar-refractivity contribution < 1.29 is 28.7 Å². The summed E-state index contributed by atoms with van der Waals surface area (Å²) in [5, 5.41) is 2.59. The van der Waals surface area contributed by atoms with Crippen molar-refractivity contribution in [2.24, 2.45) is 0 Å². The molecule has 1 aliphatic heterocycles. The van der Waals surface area contributed by atoms with Gasteiger partial charge in [-0.1, -0.05) is 41.9 Å². The van der Waals surface area contributed by atoms with Crippen LogP contribution in [0.2, 0.25) is 5.02 Å². The van der Waals surface area contributed by atoms with Crippen LogP contribution in [0.5, 0.6) is 5.75 Å². The zero-order valence-electron chi connectivity index (χ0n) is 25.1. The molecule has 1 saturated heterocycles. The zero-order chi connectivity index (χ0) is 31.5. The number of halogens is 1. The van der Waals surface area contributed by atoms with E-state index in [4.69, 9.17) is 21.1 Å². The fraction of sp³-hybridized carbons (Fsp3) is 0.394. The summed E-state index contributed by atoms with van der Waals surface area (Å²) in [4.78, 5) is 59.2. The molecule has 0 N–H and O–H groups in total. The van der Waals surface area contributed by atoms with Gasteiger partial charge >= 0.3 is 5.97 Å². The summed E-state index contributed by atoms with van der Waals surface area (Å²) in [5.41, 5.74) is 1.95. The van der Waals surface area contributed by atoms with E-state index in [2.05, 4.69) is 0 Å². The van der Waals surface area contributed by atoms with Gasteiger partial charge < -0.3 is 24.2 Å². The van der Waals surface area contributed by atoms with E-state index in [9.17, 15) is 19.2 Å². The highest BCUT2D eigenvalue weighted by molar-refractivity contribution is 7.09. The molecule has 9 nitrogen and oxygen atoms in total. The van der Waals surface area contributed by atoms with E-state index in [1.807, 2.05) is 53.9 Å². The fourth-order valence-electron chi connectivity index (χ4n) is 5.12. The van der Waals surface area contributed by atoms with Gasteiger partial charge in [0, 0.05) is 29.5 Å². The Balaban J connectivity index is 1.51. The third-order valence-corrected chi connectivity index (χ3v) is 8.75. The molecule has 234 valence electrons. The molecule has 1 aliphatic rings. The van der Waals surface area contributed by atoms with Crippen molar-refractivity contribution in [2.75, 3.05) is 46.4 Å². The average molecular weight is 640 g/mol. The summed E-state index contributed by atoms with van der Waals surface area (Å²) in [7, 11) is 1.59. The first-order valence-corrected chi connectivity index (χ1v) is 15.9. The molecule has 2 heterocycles. The summed E-state index contributed by atoms with van der Waals surface area (Å²) < 4.78 is 10.4. The van der Waals surface area contributed by atoms with Gasteiger partial charge in [-0.05, 0) is 73.0 Å². The molecule has 3 aromatic rings. The van der Waals surface area contributed by atoms with Gasteiger partial charge in [0.2, 0.25) is 17.7 Å². The SMILES string of the molecule is CCOC(=O)CN(CCc1ccc(OC)cc1)C(=O)CC1C(=O)N(CCc2ccc(Cl)cc2)CC(=O)N1CCc1cccs1. The molecule has 11 heteroatoms. The summed E-state index contributed by atoms with van der Waals surface area (Å²) in [6.07, 6.45) is 1.38. The molecule has 0 aliphatic carbocycles. The van der Waals surface area contributed by atoms with E-state index in [1.165, 1.54) is 14.7 Å². The maximum atomic E-state index is 13.9. The number of carbonyl (C=O) groups excluding carboxylic acids is 4. The lowest BCUT2D eigenvalue weighted by Gasteiger charge is -2.40. The Kier molecular flexibility index (Phi) is 12.2. The van der Waals surface area contributed by atoms with Crippen LogP contribution in [0.4, 0.5) is 0 Å². The molecule has 3 amide bonds. The molecule has 0 saturated carbocycles. The quantitative estimate of drug-likeness (QED) is 0.231. The molecular weight excluding hydrogens is 602 g/mol. The number of esters is 1. The Bertz CT molecular complexity index is 1400. The van der Waals surface area contributed by atoms with Gasteiger partial charge in [-0.2, -0.15) is 0 Å². The van der Waals surface area contributed by atoms with Crippen LogP contribution < -0.4 is 4.74 Å². The Morgan fingerprint density at radius 3 is 2.34 bits per heavy atom. The summed E-state index contributed by atoms with van der Waals surface area (Å²) in [6, 6.07) is 17.8. The molecule has 1 atom stereocenters. The monoisotopic (exact) mass is 639 g/mol. The maximum absolute atomic E-state index is 13.9. The van der Waals surface area contributed by atoms with Crippen molar-refractivity contribution in [2.45, 2.75) is 38.6 Å². The number of carbonyl (C=O) groups is 4. The van der Waals surface area contributed by atoms with Crippen LogP contribution in [0.25, 0.3) is 0 Å². The zero-order valence-corrected chi connectivity index (χ0v) is 26.6. The van der Waals surface area contributed by atoms with Crippen LogP contribution in [0.15, 0.2) is 66.0 Å². The number of ether oxygens (including phenoxy) is 2. The van der Waals surface area contributed by atoms with Crippen molar-refractivity contribution in [1.29, 1.82) is 0 Å². The highest BCUT2D eigenvalue weighted by atomic mass is 35.5. The van der Waals surface area contributed by atoms with Crippen LogP contribution in [0, 0.1) is 0 Å². The van der Waals surface area contributed by atoms with E-state index < -0.39 is 17.9 Å². The lowest BCUT2D eigenvalue weighted by atomic mass is 10.0. The smallest absolute Gasteiger partial charge is 0.325 e. The van der Waals surface area contributed by atoms with E-state index in [0.717, 1.165) is 21.8 Å². The van der Waals surface area contributed by atoms with Crippen LogP contribution in [0.1, 0.15) is 29.3 Å². The molecule has 0 bridgehead atoms. The second-order valence-electron chi connectivity index (χ2n) is 10.5. The number of methoxy groups -OCH3 is 1. The second kappa shape index (κ2) is 16.3. The lowest BCUT2D eigenvalue weighted by Crippen LogP contribution is -2.61. The summed E-state index contributed by atoms with van der Waals surface area (Å²) in [6.45, 7) is 2.50. The van der Waals surface area contributed by atoms with E-state index in [0.29, 0.717) is 37.4 Å². The fourth-order valence-corrected chi connectivity index (χ4v) is 5.95. The maximum Gasteiger partial charge on any atom is 0.325 e. The molecule has 0 spiro atoms. The topological polar surface area (TPSA) is 96.5 Å². The Labute approximate surface area is 267 Å². The van der Waals surface area contributed by atoms with Gasteiger partial charge in [0.1, 0.15) is 18.3 Å². The highest BCUT2D eigenvalue weighted by Crippen LogP contribution is 2.21. The molecule has 1 fully saturated rings. The van der Waals surface area contributed by atoms with Gasteiger partial charge in [0.25, 0.3) is 0 Å². The van der Waals surface area contributed by atoms with Crippen molar-refractivity contribution in [1.82, 2.24) is 14.7 Å². The highest BCUT2D eigenvalue weighted by Gasteiger charge is 2.41. The number of nitrogens with zero attached hydrogens (tertiary/aromatic N) is 3. The first-order chi connectivity index (χ1) is 21.3. The second-order valence-corrected chi connectivity index (χ2v) is 12.0. The molecule has 1 aromatic heterocycles. The number of piperazine rings is 1. The third kappa shape index (κ3) is 9.30. The molecule has 4 rings (SSSR count). The minimum atomic E-state index is -0.973. The number of thiophene rings is 1. The van der Waals surface area contributed by atoms with E-state index in [1.54, 1.807) is 37.5 Å². The summed E-state index contributed by atoms with van der Waals surface area (Å²) >= 11 is 7.60. The molecule has 2 aromatic carbocycles. The van der Waals surface area contributed by atoms with Crippen molar-refractivity contribution in [3.05, 3.63) is 87.1 Å². The Morgan fingerprint density at radius 2 is 1.68 bits per heavy atom. The standard InChI is InChI=1S/C33H38ClN3O6S/c1-3-43-32(40)23-35(17-14-25-8-12-27(42-2)13-9-25)30(38)21-29-33(41)36(18-15-24-6-10-26(34)11-7-24)22-31(39)37(29)19-16-28-5-4-20-44-28/h4-13,20,29H,3,14-19,21-23H2,1-2H3. The third-order valence-electron chi connectivity index (χ3n) is 7.56. The number of amides is 3. The number of hydrogen-bond donors (Lipinski definition) is 0. The first kappa shape index (κ1) is 33.0. The number of rotatable bonds is 15. The van der Waals surface area contributed by atoms with Crippen LogP contribution >= 0.6 is 22.9 Å². The van der Waals surface area contributed by atoms with Gasteiger partial charge in [-0.3, -0.25) is 19.2 Å². The normalized spacial score (nSPS) is 14.9. The van der Waals surface area contributed by atoms with E-state index in [-0.39, 0.29) is 44.5 Å². The van der Waals surface area contributed by atoms with Gasteiger partial charge in [-0.25, -0.2) is 0 Å². The van der Waals surface area contributed by atoms with Crippen LogP contribution in [-0.2, 0) is 43.2 Å². The van der Waals surface area contributed by atoms with Gasteiger partial charge in [0.05, 0.1) is 26.7 Å². The van der Waals surface area contributed by atoms with Crippen molar-refractivity contribution >= 4 is 46.6 Å². The van der Waals surface area contributed by atoms with Crippen molar-refractivity contribution in [3.8, 4) is 5.75 Å². The molecular formula is C33H38ClN3O6S. The predicted molar refractivity (Wildman–Crippen MR) is 170 cm³/mol. The Hall–Kier alpha value is -3.89. The number of hydrogen-bond acceptors (Lipinski definition) is 7. The lowest BCUT2D eigenvalue weighted by molar-refractivity contribution is -0.158. The average Bonchev–Trinajstić information content (AvgIpc) is 3.54. The molecule has 0 radical (unpaired) electrons. The number of benzene rings is 2. The molecule has 44 heavy (non-hydrogen) atoms.